The fourth-order valence-electron chi connectivity index (χ4n) is 2.65. The number of anilines is 2. The number of nitrogens with zero attached hydrogens (tertiary/aromatic N) is 3. The van der Waals surface area contributed by atoms with E-state index in [2.05, 4.69) is 70.7 Å². The van der Waals surface area contributed by atoms with Gasteiger partial charge in [0.1, 0.15) is 0 Å². The number of hydrogen-bond donors (Lipinski definition) is 1. The minimum absolute atomic E-state index is 1.00. The van der Waals surface area contributed by atoms with E-state index in [-0.39, 0.29) is 0 Å². The molecule has 4 heteroatoms. The molecule has 1 N–H and O–H groups in total. The Morgan fingerprint density at radius 2 is 1.48 bits per heavy atom. The highest BCUT2D eigenvalue weighted by Gasteiger charge is 2.13. The summed E-state index contributed by atoms with van der Waals surface area (Å²) in [6.45, 7) is 10.5. The number of likely N-dealkylation sites (N-methyl/N-ethyl adjacent to an activating group) is 1. The number of rotatable bonds is 4. The Hall–Kier alpha value is -2.33. The average Bonchev–Trinajstić information content (AvgIpc) is 2.66. The summed E-state index contributed by atoms with van der Waals surface area (Å²) in [6, 6.07) is 16.8. The van der Waals surface area contributed by atoms with Crippen LogP contribution < -0.4 is 10.3 Å². The van der Waals surface area contributed by atoms with Crippen molar-refractivity contribution >= 4 is 17.6 Å². The van der Waals surface area contributed by atoms with Gasteiger partial charge in [-0.2, -0.15) is 5.10 Å². The molecule has 0 aromatic heterocycles. The minimum Gasteiger partial charge on any atom is -0.369 e. The highest BCUT2D eigenvalue weighted by atomic mass is 15.3. The zero-order chi connectivity index (χ0) is 18.1. The van der Waals surface area contributed by atoms with Crippen LogP contribution >= 0.6 is 0 Å². The van der Waals surface area contributed by atoms with Gasteiger partial charge in [0.05, 0.1) is 11.9 Å². The first-order valence-corrected chi connectivity index (χ1v) is 9.10. The van der Waals surface area contributed by atoms with Gasteiger partial charge in [0.2, 0.25) is 0 Å². The van der Waals surface area contributed by atoms with E-state index >= 15 is 0 Å². The van der Waals surface area contributed by atoms with Crippen LogP contribution in [0.25, 0.3) is 0 Å². The van der Waals surface area contributed by atoms with Crippen LogP contribution in [-0.4, -0.2) is 44.3 Å². The van der Waals surface area contributed by atoms with Gasteiger partial charge >= 0.3 is 0 Å². The predicted molar refractivity (Wildman–Crippen MR) is 110 cm³/mol. The lowest BCUT2D eigenvalue weighted by molar-refractivity contribution is 0.313. The summed E-state index contributed by atoms with van der Waals surface area (Å²) < 4.78 is 0. The van der Waals surface area contributed by atoms with E-state index < -0.39 is 0 Å². The van der Waals surface area contributed by atoms with E-state index in [4.69, 9.17) is 0 Å². The molecule has 0 unspecified atom stereocenters. The van der Waals surface area contributed by atoms with Crippen LogP contribution in [-0.2, 0) is 0 Å². The van der Waals surface area contributed by atoms with Crippen molar-refractivity contribution in [3.05, 3.63) is 59.7 Å². The predicted octanol–water partition coefficient (Wildman–Crippen LogP) is 4.22. The number of hydrazone groups is 1. The molecule has 1 saturated heterocycles. The van der Waals surface area contributed by atoms with Gasteiger partial charge in [0, 0.05) is 31.9 Å². The van der Waals surface area contributed by atoms with Crippen LogP contribution in [0, 0.1) is 6.92 Å². The molecular formula is C21H30N4. The van der Waals surface area contributed by atoms with E-state index in [1.54, 1.807) is 0 Å². The smallest absolute Gasteiger partial charge is 0.0561 e. The van der Waals surface area contributed by atoms with Crippen LogP contribution in [0.3, 0.4) is 0 Å². The normalized spacial score (nSPS) is 15.0. The summed E-state index contributed by atoms with van der Waals surface area (Å²) in [5, 5.41) is 4.30. The zero-order valence-electron chi connectivity index (χ0n) is 15.9. The number of benzene rings is 2. The number of nitrogens with one attached hydrogen (secondary N) is 1. The summed E-state index contributed by atoms with van der Waals surface area (Å²) in [5.41, 5.74) is 7.70. The third-order valence-corrected chi connectivity index (χ3v) is 4.22. The second kappa shape index (κ2) is 9.84. The van der Waals surface area contributed by atoms with Crippen LogP contribution in [0.4, 0.5) is 11.4 Å². The maximum Gasteiger partial charge on any atom is 0.0561 e. The third kappa shape index (κ3) is 5.91. The molecule has 2 aromatic rings. The lowest BCUT2D eigenvalue weighted by Gasteiger charge is -2.34. The molecular weight excluding hydrogens is 308 g/mol. The standard InChI is InChI=1S/C19H24N4.C2H6/c1-16-3-7-18(8-4-16)21-20-15-17-5-9-19(10-6-17)23-13-11-22(2)12-14-23;1-2/h3-10,15,21H,11-14H2,1-2H3;1-2H3/b20-15+;. The number of aryl methyl sites for hydroxylation is 1. The molecule has 0 bridgehead atoms. The summed E-state index contributed by atoms with van der Waals surface area (Å²) in [5.74, 6) is 0. The molecule has 0 saturated carbocycles. The van der Waals surface area contributed by atoms with Crippen LogP contribution in [0.15, 0.2) is 53.6 Å². The lowest BCUT2D eigenvalue weighted by atomic mass is 10.2. The number of piperazine rings is 1. The quantitative estimate of drug-likeness (QED) is 0.669. The maximum absolute atomic E-state index is 4.30. The first-order valence-electron chi connectivity index (χ1n) is 9.10. The van der Waals surface area contributed by atoms with Gasteiger partial charge in [0.25, 0.3) is 0 Å². The Kier molecular flexibility index (Phi) is 7.48. The van der Waals surface area contributed by atoms with Gasteiger partial charge in [-0.3, -0.25) is 5.43 Å². The van der Waals surface area contributed by atoms with E-state index in [9.17, 15) is 0 Å². The molecule has 2 aromatic carbocycles. The Labute approximate surface area is 152 Å². The summed E-state index contributed by atoms with van der Waals surface area (Å²) in [4.78, 5) is 4.81. The van der Waals surface area contributed by atoms with Crippen LogP contribution in [0.5, 0.6) is 0 Å². The van der Waals surface area contributed by atoms with E-state index in [0.717, 1.165) is 37.4 Å². The minimum atomic E-state index is 1.00. The molecule has 4 nitrogen and oxygen atoms in total. The molecule has 1 aliphatic rings. The van der Waals surface area contributed by atoms with E-state index in [0.29, 0.717) is 0 Å². The Morgan fingerprint density at radius 1 is 0.880 bits per heavy atom. The van der Waals surface area contributed by atoms with Crippen molar-refractivity contribution < 1.29 is 0 Å². The first kappa shape index (κ1) is 19.0. The molecule has 3 rings (SSSR count). The molecule has 0 spiro atoms. The van der Waals surface area contributed by atoms with Crippen molar-refractivity contribution in [3.63, 3.8) is 0 Å². The highest BCUT2D eigenvalue weighted by Crippen LogP contribution is 2.16. The fourth-order valence-corrected chi connectivity index (χ4v) is 2.65. The van der Waals surface area contributed by atoms with Gasteiger partial charge in [0.15, 0.2) is 0 Å². The first-order chi connectivity index (χ1) is 12.2. The van der Waals surface area contributed by atoms with Crippen molar-refractivity contribution in [2.24, 2.45) is 5.10 Å². The summed E-state index contributed by atoms with van der Waals surface area (Å²) in [6.07, 6.45) is 1.85. The second-order valence-electron chi connectivity index (χ2n) is 6.12. The van der Waals surface area contributed by atoms with E-state index in [1.807, 2.05) is 32.2 Å². The zero-order valence-corrected chi connectivity index (χ0v) is 15.9. The van der Waals surface area contributed by atoms with Gasteiger partial charge in [-0.05, 0) is 43.8 Å². The van der Waals surface area contributed by atoms with E-state index in [1.165, 1.54) is 11.3 Å². The molecule has 0 atom stereocenters. The second-order valence-corrected chi connectivity index (χ2v) is 6.12. The average molecular weight is 338 g/mol. The lowest BCUT2D eigenvalue weighted by Crippen LogP contribution is -2.44. The van der Waals surface area contributed by atoms with Gasteiger partial charge < -0.3 is 9.80 Å². The molecule has 134 valence electrons. The fraction of sp³-hybridized carbons (Fsp3) is 0.381. The SMILES string of the molecule is CC.Cc1ccc(N/N=C/c2ccc(N3CCN(C)CC3)cc2)cc1. The molecule has 0 aliphatic carbocycles. The molecule has 0 radical (unpaired) electrons. The maximum atomic E-state index is 4.30. The Balaban J connectivity index is 0.00000109. The summed E-state index contributed by atoms with van der Waals surface area (Å²) in [7, 11) is 2.18. The van der Waals surface area contributed by atoms with Crippen LogP contribution in [0.2, 0.25) is 0 Å². The molecule has 1 heterocycles. The molecule has 1 aliphatic heterocycles. The Bertz CT molecular complexity index is 639. The third-order valence-electron chi connectivity index (χ3n) is 4.22. The van der Waals surface area contributed by atoms with Crippen molar-refractivity contribution in [1.82, 2.24) is 4.90 Å². The van der Waals surface area contributed by atoms with Gasteiger partial charge in [-0.15, -0.1) is 0 Å². The van der Waals surface area contributed by atoms with Crippen molar-refractivity contribution in [2.45, 2.75) is 20.8 Å². The molecule has 0 amide bonds. The van der Waals surface area contributed by atoms with Gasteiger partial charge in [-0.1, -0.05) is 43.7 Å². The Morgan fingerprint density at radius 3 is 2.08 bits per heavy atom. The van der Waals surface area contributed by atoms with Crippen molar-refractivity contribution in [2.75, 3.05) is 43.6 Å². The molecule has 25 heavy (non-hydrogen) atoms. The summed E-state index contributed by atoms with van der Waals surface area (Å²) >= 11 is 0. The number of hydrogen-bond acceptors (Lipinski definition) is 4. The largest absolute Gasteiger partial charge is 0.369 e. The topological polar surface area (TPSA) is 30.9 Å². The van der Waals surface area contributed by atoms with Gasteiger partial charge in [-0.25, -0.2) is 0 Å². The van der Waals surface area contributed by atoms with Crippen LogP contribution in [0.1, 0.15) is 25.0 Å². The molecule has 1 fully saturated rings. The van der Waals surface area contributed by atoms with Crippen molar-refractivity contribution in [1.29, 1.82) is 0 Å². The highest BCUT2D eigenvalue weighted by molar-refractivity contribution is 5.81. The monoisotopic (exact) mass is 338 g/mol. The van der Waals surface area contributed by atoms with Crippen molar-refractivity contribution in [3.8, 4) is 0 Å².